The molecule has 0 aromatic carbocycles. The Labute approximate surface area is 127 Å². The van der Waals surface area contributed by atoms with Crippen LogP contribution in [0, 0.1) is 10.8 Å². The summed E-state index contributed by atoms with van der Waals surface area (Å²) in [6, 6.07) is 0. The number of nitrogens with one attached hydrogen (secondary N) is 2. The zero-order valence-electron chi connectivity index (χ0n) is 13.7. The smallest absolute Gasteiger partial charge is 0.227 e. The van der Waals surface area contributed by atoms with Gasteiger partial charge in [-0.15, -0.1) is 0 Å². The van der Waals surface area contributed by atoms with E-state index in [4.69, 9.17) is 4.74 Å². The molecule has 2 N–H and O–H groups in total. The van der Waals surface area contributed by atoms with E-state index in [0.29, 0.717) is 12.0 Å². The van der Waals surface area contributed by atoms with Crippen molar-refractivity contribution < 1.29 is 9.53 Å². The number of carbonyl (C=O) groups excluding carboxylic acids is 1. The maximum absolute atomic E-state index is 11.8. The minimum atomic E-state index is -0.460. The van der Waals surface area contributed by atoms with Gasteiger partial charge in [0.05, 0.1) is 12.0 Å². The normalized spacial score (nSPS) is 26.5. The quantitative estimate of drug-likeness (QED) is 0.586. The van der Waals surface area contributed by atoms with Crippen LogP contribution in [-0.4, -0.2) is 63.7 Å². The molecule has 2 aliphatic heterocycles. The Bertz CT molecular complexity index is 414. The van der Waals surface area contributed by atoms with E-state index in [9.17, 15) is 4.79 Å². The minimum Gasteiger partial charge on any atom is -0.381 e. The maximum atomic E-state index is 11.8. The van der Waals surface area contributed by atoms with Crippen LogP contribution < -0.4 is 10.6 Å². The summed E-state index contributed by atoms with van der Waals surface area (Å²) in [4.78, 5) is 18.5. The lowest BCUT2D eigenvalue weighted by molar-refractivity contribution is -0.128. The molecule has 1 amide bonds. The van der Waals surface area contributed by atoms with Crippen molar-refractivity contribution in [2.75, 3.05) is 46.9 Å². The molecule has 0 aromatic heterocycles. The summed E-state index contributed by atoms with van der Waals surface area (Å²) >= 11 is 0. The van der Waals surface area contributed by atoms with Gasteiger partial charge in [-0.05, 0) is 26.7 Å². The van der Waals surface area contributed by atoms with Crippen LogP contribution >= 0.6 is 0 Å². The highest BCUT2D eigenvalue weighted by molar-refractivity contribution is 5.84. The van der Waals surface area contributed by atoms with Gasteiger partial charge in [0.15, 0.2) is 5.96 Å². The number of likely N-dealkylation sites (tertiary alicyclic amines) is 1. The second-order valence-corrected chi connectivity index (χ2v) is 6.84. The van der Waals surface area contributed by atoms with Gasteiger partial charge in [0.1, 0.15) is 0 Å². The first-order valence-electron chi connectivity index (χ1n) is 7.68. The summed E-state index contributed by atoms with van der Waals surface area (Å²) in [5.74, 6) is 0.920. The lowest BCUT2D eigenvalue weighted by Crippen LogP contribution is -2.48. The van der Waals surface area contributed by atoms with Crippen molar-refractivity contribution in [3.05, 3.63) is 0 Å². The summed E-state index contributed by atoms with van der Waals surface area (Å²) in [5, 5.41) is 6.05. The standard InChI is InChI=1S/C15H28N4O2/c1-14(2,12(20)16-3)9-18-13(17-4)19-7-5-15(10-19)6-8-21-11-15/h5-11H2,1-4H3,(H,16,20)(H,17,18). The van der Waals surface area contributed by atoms with Crippen molar-refractivity contribution in [2.45, 2.75) is 26.7 Å². The molecule has 2 fully saturated rings. The Balaban J connectivity index is 1.91. The summed E-state index contributed by atoms with van der Waals surface area (Å²) < 4.78 is 5.56. The van der Waals surface area contributed by atoms with Crippen molar-refractivity contribution in [3.8, 4) is 0 Å². The molecule has 6 nitrogen and oxygen atoms in total. The molecule has 21 heavy (non-hydrogen) atoms. The molecule has 0 radical (unpaired) electrons. The molecule has 0 bridgehead atoms. The minimum absolute atomic E-state index is 0.0348. The number of amides is 1. The lowest BCUT2D eigenvalue weighted by Gasteiger charge is -2.28. The fourth-order valence-corrected chi connectivity index (χ4v) is 3.14. The molecule has 2 aliphatic rings. The number of guanidine groups is 1. The van der Waals surface area contributed by atoms with Crippen molar-refractivity contribution in [2.24, 2.45) is 15.8 Å². The number of hydrogen-bond donors (Lipinski definition) is 2. The monoisotopic (exact) mass is 296 g/mol. The first-order chi connectivity index (χ1) is 9.92. The van der Waals surface area contributed by atoms with Gasteiger partial charge in [-0.3, -0.25) is 9.79 Å². The van der Waals surface area contributed by atoms with Gasteiger partial charge in [0, 0.05) is 45.8 Å². The molecule has 0 aliphatic carbocycles. The van der Waals surface area contributed by atoms with Crippen LogP contribution in [0.4, 0.5) is 0 Å². The fourth-order valence-electron chi connectivity index (χ4n) is 3.14. The zero-order valence-corrected chi connectivity index (χ0v) is 13.7. The molecule has 6 heteroatoms. The van der Waals surface area contributed by atoms with Crippen molar-refractivity contribution in [1.29, 1.82) is 0 Å². The fraction of sp³-hybridized carbons (Fsp3) is 0.867. The highest BCUT2D eigenvalue weighted by atomic mass is 16.5. The van der Waals surface area contributed by atoms with Crippen molar-refractivity contribution >= 4 is 11.9 Å². The average molecular weight is 296 g/mol. The third-order valence-corrected chi connectivity index (χ3v) is 4.66. The first kappa shape index (κ1) is 16.1. The van der Waals surface area contributed by atoms with Crippen LogP contribution in [0.3, 0.4) is 0 Å². The Kier molecular flexibility index (Phi) is 4.76. The summed E-state index contributed by atoms with van der Waals surface area (Å²) in [6.07, 6.45) is 2.30. The highest BCUT2D eigenvalue weighted by Crippen LogP contribution is 2.38. The van der Waals surface area contributed by atoms with Crippen LogP contribution in [0.2, 0.25) is 0 Å². The largest absolute Gasteiger partial charge is 0.381 e. The number of carbonyl (C=O) groups is 1. The van der Waals surface area contributed by atoms with Gasteiger partial charge in [0.25, 0.3) is 0 Å². The topological polar surface area (TPSA) is 66.0 Å². The second kappa shape index (κ2) is 6.22. The summed E-state index contributed by atoms with van der Waals surface area (Å²) in [6.45, 7) is 8.18. The second-order valence-electron chi connectivity index (χ2n) is 6.84. The van der Waals surface area contributed by atoms with Gasteiger partial charge in [0.2, 0.25) is 5.91 Å². The predicted molar refractivity (Wildman–Crippen MR) is 83.3 cm³/mol. The molecule has 1 spiro atoms. The van der Waals surface area contributed by atoms with E-state index >= 15 is 0 Å². The molecule has 120 valence electrons. The Morgan fingerprint density at radius 2 is 2.19 bits per heavy atom. The molecule has 1 unspecified atom stereocenters. The van der Waals surface area contributed by atoms with E-state index in [1.807, 2.05) is 13.8 Å². The molecule has 2 heterocycles. The van der Waals surface area contributed by atoms with Gasteiger partial charge in [-0.1, -0.05) is 0 Å². The van der Waals surface area contributed by atoms with Crippen LogP contribution in [0.15, 0.2) is 4.99 Å². The maximum Gasteiger partial charge on any atom is 0.227 e. The van der Waals surface area contributed by atoms with E-state index < -0.39 is 5.41 Å². The van der Waals surface area contributed by atoms with Crippen molar-refractivity contribution in [1.82, 2.24) is 15.5 Å². The summed E-state index contributed by atoms with van der Waals surface area (Å²) in [5.41, 5.74) is -0.146. The van der Waals surface area contributed by atoms with E-state index in [1.165, 1.54) is 0 Å². The van der Waals surface area contributed by atoms with Crippen LogP contribution in [-0.2, 0) is 9.53 Å². The van der Waals surface area contributed by atoms with Crippen LogP contribution in [0.1, 0.15) is 26.7 Å². The molecule has 2 saturated heterocycles. The average Bonchev–Trinajstić information content (AvgIpc) is 3.09. The SMILES string of the molecule is CN=C(NCC(C)(C)C(=O)NC)N1CCC2(CCOC2)C1. The molecule has 1 atom stereocenters. The van der Waals surface area contributed by atoms with Crippen LogP contribution in [0.5, 0.6) is 0 Å². The third-order valence-electron chi connectivity index (χ3n) is 4.66. The van der Waals surface area contributed by atoms with E-state index in [-0.39, 0.29) is 5.91 Å². The van der Waals surface area contributed by atoms with Gasteiger partial charge in [-0.25, -0.2) is 0 Å². The molecular formula is C15H28N4O2. The number of ether oxygens (including phenoxy) is 1. The van der Waals surface area contributed by atoms with Crippen molar-refractivity contribution in [3.63, 3.8) is 0 Å². The van der Waals surface area contributed by atoms with E-state index in [1.54, 1.807) is 14.1 Å². The number of hydrogen-bond acceptors (Lipinski definition) is 3. The van der Waals surface area contributed by atoms with Gasteiger partial charge >= 0.3 is 0 Å². The van der Waals surface area contributed by atoms with E-state index in [0.717, 1.165) is 45.1 Å². The Morgan fingerprint density at radius 1 is 1.43 bits per heavy atom. The van der Waals surface area contributed by atoms with Crippen LogP contribution in [0.25, 0.3) is 0 Å². The number of rotatable bonds is 3. The van der Waals surface area contributed by atoms with Gasteiger partial charge < -0.3 is 20.3 Å². The van der Waals surface area contributed by atoms with Gasteiger partial charge in [-0.2, -0.15) is 0 Å². The Morgan fingerprint density at radius 3 is 2.76 bits per heavy atom. The highest BCUT2D eigenvalue weighted by Gasteiger charge is 2.42. The Hall–Kier alpha value is -1.30. The molecular weight excluding hydrogens is 268 g/mol. The molecule has 0 saturated carbocycles. The number of nitrogens with zero attached hydrogens (tertiary/aromatic N) is 2. The molecule has 0 aromatic rings. The zero-order chi connectivity index (χ0) is 15.5. The molecule has 2 rings (SSSR count). The first-order valence-corrected chi connectivity index (χ1v) is 7.68. The lowest BCUT2D eigenvalue weighted by atomic mass is 9.87. The van der Waals surface area contributed by atoms with E-state index in [2.05, 4.69) is 20.5 Å². The number of aliphatic imine (C=N–C) groups is 1. The summed E-state index contributed by atoms with van der Waals surface area (Å²) in [7, 11) is 3.47. The predicted octanol–water partition coefficient (Wildman–Crippen LogP) is 0.446. The third kappa shape index (κ3) is 3.48.